The Balaban J connectivity index is 0.000000598. The fourth-order valence-corrected chi connectivity index (χ4v) is 5.28. The zero-order valence-corrected chi connectivity index (χ0v) is 28.4. The third-order valence-corrected chi connectivity index (χ3v) is 7.56. The topological polar surface area (TPSA) is 36.9 Å². The van der Waals surface area contributed by atoms with Crippen LogP contribution in [0.15, 0.2) is 143 Å². The Morgan fingerprint density at radius 2 is 0.955 bits per heavy atom. The van der Waals surface area contributed by atoms with Crippen molar-refractivity contribution >= 4 is 0 Å². The third-order valence-electron chi connectivity index (χ3n) is 6.89. The molecule has 0 bridgehead atoms. The van der Waals surface area contributed by atoms with E-state index < -0.39 is 0 Å². The molecular formula is C36H35Cl3O4Ti. The summed E-state index contributed by atoms with van der Waals surface area (Å²) in [6.07, 6.45) is 3.46. The molecular weight excluding hydrogens is 651 g/mol. The van der Waals surface area contributed by atoms with Gasteiger partial charge in [0.15, 0.2) is 5.79 Å². The first-order valence-corrected chi connectivity index (χ1v) is 14.7. The summed E-state index contributed by atoms with van der Waals surface area (Å²) in [4.78, 5) is 0. The molecule has 0 N–H and O–H groups in total. The van der Waals surface area contributed by atoms with Crippen LogP contribution in [0.4, 0.5) is 0 Å². The molecule has 1 aliphatic carbocycles. The van der Waals surface area contributed by atoms with E-state index in [1.54, 1.807) is 0 Å². The minimum atomic E-state index is -0.306. The summed E-state index contributed by atoms with van der Waals surface area (Å²) in [5, 5.41) is 0. The van der Waals surface area contributed by atoms with Crippen molar-refractivity contribution in [2.24, 2.45) is 0 Å². The first-order valence-electron chi connectivity index (χ1n) is 13.9. The van der Waals surface area contributed by atoms with E-state index in [-0.39, 0.29) is 61.3 Å². The molecule has 6 rings (SSSR count). The molecule has 0 aromatic heterocycles. The molecule has 0 spiro atoms. The van der Waals surface area contributed by atoms with Crippen LogP contribution < -0.4 is 37.2 Å². The van der Waals surface area contributed by atoms with Crippen LogP contribution >= 0.6 is 0 Å². The van der Waals surface area contributed by atoms with Crippen molar-refractivity contribution in [3.8, 4) is 0 Å². The van der Waals surface area contributed by atoms with Crippen LogP contribution in [0.2, 0.25) is 0 Å². The monoisotopic (exact) mass is 684 g/mol. The van der Waals surface area contributed by atoms with Crippen molar-refractivity contribution in [2.75, 3.05) is 13.2 Å². The summed E-state index contributed by atoms with van der Waals surface area (Å²) in [5.41, 5.74) is 4.46. The van der Waals surface area contributed by atoms with E-state index >= 15 is 0 Å². The maximum atomic E-state index is 6.82. The summed E-state index contributed by atoms with van der Waals surface area (Å²) < 4.78 is 24.9. The van der Waals surface area contributed by atoms with Crippen molar-refractivity contribution in [3.63, 3.8) is 0 Å². The van der Waals surface area contributed by atoms with E-state index in [1.165, 1.54) is 0 Å². The molecule has 4 aromatic rings. The summed E-state index contributed by atoms with van der Waals surface area (Å²) in [6, 6.07) is 41.5. The SMILES string of the molecule is CC1(C)OCCO1.[Cl-].[Cl-].[Cl-].[Ti+3][C]1=CC=C(OC(c2ccccc2)c2ccccc2)[C@H]1OC(c1ccccc1)c1ccccc1. The molecule has 8 heteroatoms. The van der Waals surface area contributed by atoms with Gasteiger partial charge in [0.25, 0.3) is 0 Å². The second-order valence-electron chi connectivity index (χ2n) is 10.3. The summed E-state index contributed by atoms with van der Waals surface area (Å²) in [7, 11) is 0. The van der Waals surface area contributed by atoms with E-state index in [0.717, 1.165) is 45.1 Å². The molecule has 2 aliphatic rings. The van der Waals surface area contributed by atoms with Crippen LogP contribution in [0.25, 0.3) is 0 Å². The standard InChI is InChI=1S/C31H25O2.C5H10O2.3ClH.Ti/c1-5-14-24(15-6-1)30(25-16-7-2-8-17-25)32-28-22-13-23-29(28)33-31(26-18-9-3-10-19-26)27-20-11-4-12-21-27;1-5(2)6-3-4-7-5;;;;/h1-22,29-31H;3-4H2,1-2H3;3*1H;/q;;;;;+3/p-3/t29-;;;;;/m0...../s1. The number of benzene rings is 4. The van der Waals surface area contributed by atoms with Crippen LogP contribution in [0, 0.1) is 0 Å². The normalized spacial score (nSPS) is 16.4. The van der Waals surface area contributed by atoms with Gasteiger partial charge in [-0.25, -0.2) is 0 Å². The number of allylic oxidation sites excluding steroid dienone is 2. The van der Waals surface area contributed by atoms with E-state index in [9.17, 15) is 0 Å². The van der Waals surface area contributed by atoms with Crippen LogP contribution in [0.3, 0.4) is 0 Å². The Morgan fingerprint density at radius 1 is 0.591 bits per heavy atom. The second-order valence-corrected chi connectivity index (χ2v) is 11.2. The van der Waals surface area contributed by atoms with E-state index in [0.29, 0.717) is 0 Å². The fourth-order valence-electron chi connectivity index (χ4n) is 4.82. The summed E-state index contributed by atoms with van der Waals surface area (Å²) >= 11 is 2.10. The number of rotatable bonds is 8. The molecule has 0 amide bonds. The van der Waals surface area contributed by atoms with E-state index in [1.807, 2.05) is 44.2 Å². The second kappa shape index (κ2) is 18.6. The average Bonchev–Trinajstić information content (AvgIpc) is 3.59. The Labute approximate surface area is 291 Å². The average molecular weight is 686 g/mol. The molecule has 4 nitrogen and oxygen atoms in total. The van der Waals surface area contributed by atoms with E-state index in [2.05, 4.69) is 124 Å². The Morgan fingerprint density at radius 3 is 1.30 bits per heavy atom. The Hall–Kier alpha value is -2.38. The van der Waals surface area contributed by atoms with Crippen molar-refractivity contribution < 1.29 is 76.6 Å². The predicted molar refractivity (Wildman–Crippen MR) is 158 cm³/mol. The summed E-state index contributed by atoms with van der Waals surface area (Å²) in [6.45, 7) is 5.32. The molecule has 1 heterocycles. The van der Waals surface area contributed by atoms with Crippen molar-refractivity contribution in [1.82, 2.24) is 0 Å². The minimum absolute atomic E-state index is 0. The predicted octanol–water partition coefficient (Wildman–Crippen LogP) is -0.923. The molecule has 44 heavy (non-hydrogen) atoms. The zero-order valence-electron chi connectivity index (χ0n) is 24.6. The molecule has 0 saturated carbocycles. The van der Waals surface area contributed by atoms with Gasteiger partial charge in [0.1, 0.15) is 0 Å². The molecule has 4 aromatic carbocycles. The molecule has 1 atom stereocenters. The van der Waals surface area contributed by atoms with Gasteiger partial charge in [-0.1, -0.05) is 0 Å². The van der Waals surface area contributed by atoms with Gasteiger partial charge >= 0.3 is 214 Å². The van der Waals surface area contributed by atoms with Gasteiger partial charge < -0.3 is 46.7 Å². The fraction of sp³-hybridized carbons (Fsp3) is 0.222. The number of hydrogen-bond donors (Lipinski definition) is 0. The zero-order chi connectivity index (χ0) is 28.5. The Bertz CT molecular complexity index is 1350. The van der Waals surface area contributed by atoms with Gasteiger partial charge in [0.2, 0.25) is 0 Å². The first-order chi connectivity index (χ1) is 20.0. The molecule has 1 fully saturated rings. The van der Waals surface area contributed by atoms with Gasteiger partial charge in [-0.3, -0.25) is 0 Å². The molecule has 0 radical (unpaired) electrons. The van der Waals surface area contributed by atoms with Crippen molar-refractivity contribution in [2.45, 2.75) is 37.9 Å². The molecule has 228 valence electrons. The maximum absolute atomic E-state index is 6.82. The van der Waals surface area contributed by atoms with Gasteiger partial charge in [-0.15, -0.1) is 0 Å². The Kier molecular flexibility index (Phi) is 15.9. The van der Waals surface area contributed by atoms with Gasteiger partial charge in [-0.2, -0.15) is 0 Å². The van der Waals surface area contributed by atoms with Gasteiger partial charge in [-0.05, 0) is 13.8 Å². The van der Waals surface area contributed by atoms with E-state index in [4.69, 9.17) is 18.9 Å². The number of hydrogen-bond acceptors (Lipinski definition) is 4. The van der Waals surface area contributed by atoms with Crippen LogP contribution in [-0.2, 0) is 39.4 Å². The van der Waals surface area contributed by atoms with Gasteiger partial charge in [0.05, 0.1) is 13.2 Å². The number of halogens is 3. The third kappa shape index (κ3) is 10.3. The first kappa shape index (κ1) is 37.8. The van der Waals surface area contributed by atoms with Crippen LogP contribution in [0.1, 0.15) is 48.3 Å². The molecule has 1 aliphatic heterocycles. The van der Waals surface area contributed by atoms with Gasteiger partial charge in [0, 0.05) is 0 Å². The summed E-state index contributed by atoms with van der Waals surface area (Å²) in [5.74, 6) is 0.520. The molecule has 1 saturated heterocycles. The molecule has 0 unspecified atom stereocenters. The van der Waals surface area contributed by atoms with Crippen LogP contribution in [0.5, 0.6) is 0 Å². The van der Waals surface area contributed by atoms with Crippen molar-refractivity contribution in [1.29, 1.82) is 0 Å². The van der Waals surface area contributed by atoms with Crippen molar-refractivity contribution in [3.05, 3.63) is 165 Å². The number of ether oxygens (including phenoxy) is 4. The quantitative estimate of drug-likeness (QED) is 0.225. The van der Waals surface area contributed by atoms with Crippen LogP contribution in [-0.4, -0.2) is 25.1 Å².